The average molecular weight is 324 g/mol. The van der Waals surface area contributed by atoms with Crippen LogP contribution in [0.2, 0.25) is 0 Å². The van der Waals surface area contributed by atoms with Gasteiger partial charge >= 0.3 is 5.69 Å². The predicted octanol–water partition coefficient (Wildman–Crippen LogP) is 1.94. The number of aromatic hydroxyl groups is 1. The molecule has 2 heterocycles. The Bertz CT molecular complexity index is 1010. The van der Waals surface area contributed by atoms with Crippen molar-refractivity contribution in [3.63, 3.8) is 0 Å². The first-order valence-corrected chi connectivity index (χ1v) is 7.09. The summed E-state index contributed by atoms with van der Waals surface area (Å²) in [6.45, 7) is 0. The monoisotopic (exact) mass is 324 g/mol. The summed E-state index contributed by atoms with van der Waals surface area (Å²) in [4.78, 5) is 19.3. The fourth-order valence-electron chi connectivity index (χ4n) is 2.79. The van der Waals surface area contributed by atoms with E-state index in [2.05, 4.69) is 15.3 Å². The standard InChI is InChI=1S/C15H12N6O3/c16-14-18-13(8-5-6-12(22)11(7-8)21(23)24)20-10-4-2-1-3-9(10)17-15(20)19-14/h1-7,13,22H,(H3,16,17,18,19)/t13-/m1/s1. The van der Waals surface area contributed by atoms with Gasteiger partial charge in [-0.3, -0.25) is 20.0 Å². The van der Waals surface area contributed by atoms with E-state index in [4.69, 9.17) is 5.73 Å². The van der Waals surface area contributed by atoms with Crippen LogP contribution in [0.15, 0.2) is 47.5 Å². The van der Waals surface area contributed by atoms with E-state index in [1.165, 1.54) is 12.1 Å². The molecule has 0 bridgehead atoms. The Balaban J connectivity index is 1.94. The number of nitrogens with one attached hydrogen (secondary N) is 1. The van der Waals surface area contributed by atoms with Gasteiger partial charge in [0.05, 0.1) is 16.0 Å². The fraction of sp³-hybridized carbons (Fsp3) is 0.0667. The fourth-order valence-corrected chi connectivity index (χ4v) is 2.79. The van der Waals surface area contributed by atoms with Crippen molar-refractivity contribution < 1.29 is 10.0 Å². The number of benzene rings is 2. The van der Waals surface area contributed by atoms with E-state index in [-0.39, 0.29) is 11.6 Å². The van der Waals surface area contributed by atoms with E-state index in [0.29, 0.717) is 11.5 Å². The Hall–Kier alpha value is -3.62. The second kappa shape index (κ2) is 4.95. The lowest BCUT2D eigenvalue weighted by atomic mass is 10.1. The zero-order valence-electron chi connectivity index (χ0n) is 12.2. The number of imidazole rings is 1. The van der Waals surface area contributed by atoms with Crippen molar-refractivity contribution in [1.82, 2.24) is 9.55 Å². The number of fused-ring (bicyclic) bond motifs is 3. The molecule has 0 saturated heterocycles. The highest BCUT2D eigenvalue weighted by molar-refractivity contribution is 5.94. The normalized spacial score (nSPS) is 16.3. The third kappa shape index (κ3) is 2.02. The summed E-state index contributed by atoms with van der Waals surface area (Å²) in [5, 5.41) is 23.6. The van der Waals surface area contributed by atoms with E-state index in [1.807, 2.05) is 28.8 Å². The van der Waals surface area contributed by atoms with Gasteiger partial charge in [-0.1, -0.05) is 18.2 Å². The molecule has 0 unspecified atom stereocenters. The Morgan fingerprint density at radius 3 is 2.88 bits per heavy atom. The predicted molar refractivity (Wildman–Crippen MR) is 87.9 cm³/mol. The molecule has 4 rings (SSSR count). The van der Waals surface area contributed by atoms with Gasteiger partial charge in [-0.15, -0.1) is 0 Å². The Labute approximate surface area is 135 Å². The molecular weight excluding hydrogens is 312 g/mol. The summed E-state index contributed by atoms with van der Waals surface area (Å²) in [6, 6.07) is 11.6. The number of aromatic nitrogens is 2. The number of nitro benzene ring substituents is 1. The third-order valence-corrected chi connectivity index (χ3v) is 3.84. The van der Waals surface area contributed by atoms with Crippen LogP contribution < -0.4 is 11.1 Å². The summed E-state index contributed by atoms with van der Waals surface area (Å²) in [5.41, 5.74) is 7.54. The van der Waals surface area contributed by atoms with Crippen molar-refractivity contribution in [1.29, 1.82) is 0 Å². The van der Waals surface area contributed by atoms with Crippen LogP contribution in [0.1, 0.15) is 11.7 Å². The largest absolute Gasteiger partial charge is 0.502 e. The van der Waals surface area contributed by atoms with Crippen LogP contribution in [0.4, 0.5) is 11.6 Å². The number of nitrogens with two attached hydrogens (primary N) is 1. The van der Waals surface area contributed by atoms with Crippen molar-refractivity contribution in [3.05, 3.63) is 58.1 Å². The van der Waals surface area contributed by atoms with E-state index in [0.717, 1.165) is 11.0 Å². The third-order valence-electron chi connectivity index (χ3n) is 3.84. The topological polar surface area (TPSA) is 132 Å². The number of guanidine groups is 1. The first-order valence-electron chi connectivity index (χ1n) is 7.09. The van der Waals surface area contributed by atoms with Crippen molar-refractivity contribution in [2.75, 3.05) is 5.32 Å². The lowest BCUT2D eigenvalue weighted by Crippen LogP contribution is -2.31. The lowest BCUT2D eigenvalue weighted by molar-refractivity contribution is -0.385. The number of hydrogen-bond acceptors (Lipinski definition) is 7. The molecule has 1 atom stereocenters. The number of phenols is 1. The van der Waals surface area contributed by atoms with Gasteiger partial charge in [0.15, 0.2) is 17.9 Å². The van der Waals surface area contributed by atoms with Crippen molar-refractivity contribution >= 4 is 28.6 Å². The van der Waals surface area contributed by atoms with Gasteiger partial charge in [0.2, 0.25) is 5.95 Å². The highest BCUT2D eigenvalue weighted by Gasteiger charge is 2.27. The lowest BCUT2D eigenvalue weighted by Gasteiger charge is -2.23. The van der Waals surface area contributed by atoms with E-state index >= 15 is 0 Å². The summed E-state index contributed by atoms with van der Waals surface area (Å²) >= 11 is 0. The number of aliphatic imine (C=N–C) groups is 1. The average Bonchev–Trinajstić information content (AvgIpc) is 2.92. The van der Waals surface area contributed by atoms with Gasteiger partial charge in [0, 0.05) is 11.6 Å². The van der Waals surface area contributed by atoms with Crippen LogP contribution in [0.25, 0.3) is 11.0 Å². The Kier molecular flexibility index (Phi) is 2.89. The van der Waals surface area contributed by atoms with Crippen LogP contribution in [-0.4, -0.2) is 25.5 Å². The zero-order chi connectivity index (χ0) is 16.8. The highest BCUT2D eigenvalue weighted by atomic mass is 16.6. The molecule has 0 aliphatic carbocycles. The van der Waals surface area contributed by atoms with Gasteiger partial charge in [-0.2, -0.15) is 0 Å². The van der Waals surface area contributed by atoms with Crippen LogP contribution in [0.5, 0.6) is 5.75 Å². The summed E-state index contributed by atoms with van der Waals surface area (Å²) in [5.74, 6) is 0.272. The molecule has 0 spiro atoms. The highest BCUT2D eigenvalue weighted by Crippen LogP contribution is 2.35. The van der Waals surface area contributed by atoms with Crippen LogP contribution >= 0.6 is 0 Å². The number of anilines is 1. The maximum atomic E-state index is 11.1. The van der Waals surface area contributed by atoms with Crippen molar-refractivity contribution in [2.24, 2.45) is 10.7 Å². The molecule has 0 saturated carbocycles. The molecule has 3 aromatic rings. The molecule has 24 heavy (non-hydrogen) atoms. The van der Waals surface area contributed by atoms with Crippen LogP contribution in [0, 0.1) is 10.1 Å². The second-order valence-electron chi connectivity index (χ2n) is 5.31. The second-order valence-corrected chi connectivity index (χ2v) is 5.31. The molecule has 1 aromatic heterocycles. The van der Waals surface area contributed by atoms with Crippen molar-refractivity contribution in [3.8, 4) is 5.75 Å². The van der Waals surface area contributed by atoms with Crippen molar-refractivity contribution in [2.45, 2.75) is 6.17 Å². The quantitative estimate of drug-likeness (QED) is 0.487. The molecule has 9 heteroatoms. The smallest absolute Gasteiger partial charge is 0.311 e. The van der Waals surface area contributed by atoms with Crippen LogP contribution in [-0.2, 0) is 0 Å². The number of nitrogens with zero attached hydrogens (tertiary/aromatic N) is 4. The van der Waals surface area contributed by atoms with Gasteiger partial charge in [-0.05, 0) is 18.2 Å². The van der Waals surface area contributed by atoms with Crippen LogP contribution in [0.3, 0.4) is 0 Å². The molecule has 4 N–H and O–H groups in total. The van der Waals surface area contributed by atoms with E-state index in [9.17, 15) is 15.2 Å². The minimum atomic E-state index is -0.639. The number of nitro groups is 1. The van der Waals surface area contributed by atoms with Gasteiger partial charge in [0.1, 0.15) is 0 Å². The molecule has 0 amide bonds. The van der Waals surface area contributed by atoms with Gasteiger partial charge in [-0.25, -0.2) is 9.98 Å². The SMILES string of the molecule is NC1=N[C@@H](c2ccc(O)c([N+](=O)[O-])c2)n2c(nc3ccccc32)N1. The number of rotatable bonds is 2. The molecule has 0 radical (unpaired) electrons. The Morgan fingerprint density at radius 1 is 1.29 bits per heavy atom. The van der Waals surface area contributed by atoms with E-state index < -0.39 is 16.8 Å². The molecule has 120 valence electrons. The first kappa shape index (κ1) is 14.0. The number of para-hydroxylation sites is 2. The van der Waals surface area contributed by atoms with E-state index in [1.54, 1.807) is 6.07 Å². The summed E-state index contributed by atoms with van der Waals surface area (Å²) in [7, 11) is 0. The maximum absolute atomic E-state index is 11.1. The molecule has 2 aromatic carbocycles. The maximum Gasteiger partial charge on any atom is 0.311 e. The summed E-state index contributed by atoms with van der Waals surface area (Å²) in [6.07, 6.45) is -0.618. The molecular formula is C15H12N6O3. The van der Waals surface area contributed by atoms with Gasteiger partial charge < -0.3 is 10.8 Å². The first-order chi connectivity index (χ1) is 11.5. The van der Waals surface area contributed by atoms with Gasteiger partial charge in [0.25, 0.3) is 0 Å². The molecule has 1 aliphatic heterocycles. The minimum absolute atomic E-state index is 0.165. The summed E-state index contributed by atoms with van der Waals surface area (Å²) < 4.78 is 1.81. The molecule has 0 fully saturated rings. The zero-order valence-corrected chi connectivity index (χ0v) is 12.2. The number of hydrogen-bond donors (Lipinski definition) is 3. The minimum Gasteiger partial charge on any atom is -0.502 e. The number of phenolic OH excluding ortho intramolecular Hbond substituents is 1. The molecule has 1 aliphatic rings. The Morgan fingerprint density at radius 2 is 2.08 bits per heavy atom. The molecule has 9 nitrogen and oxygen atoms in total.